The first-order valence-electron chi connectivity index (χ1n) is 3.86. The molecule has 76 valence electrons. The number of hydrogen-bond acceptors (Lipinski definition) is 0. The van der Waals surface area contributed by atoms with Crippen LogP contribution in [0.2, 0.25) is 12.1 Å². The fraction of sp³-hybridized carbons (Fsp3) is 1.00. The summed E-state index contributed by atoms with van der Waals surface area (Å²) in [5.74, 6) is 0. The third-order valence-electron chi connectivity index (χ3n) is 2.41. The summed E-state index contributed by atoms with van der Waals surface area (Å²) < 4.78 is 0. The molecule has 0 radical (unpaired) electrons. The minimum atomic E-state index is -1.25. The first-order valence-corrected chi connectivity index (χ1v) is 12.3. The van der Waals surface area contributed by atoms with Crippen LogP contribution >= 0.6 is 18.8 Å². The summed E-state index contributed by atoms with van der Waals surface area (Å²) in [6, 6.07) is 2.53. The molecule has 1 aliphatic rings. The molecule has 0 aliphatic carbocycles. The average Bonchev–Trinajstić information content (AvgIpc) is 2.55. The summed E-state index contributed by atoms with van der Waals surface area (Å²) in [5.41, 5.74) is 14.6. The van der Waals surface area contributed by atoms with Crippen LogP contribution in [0.25, 0.3) is 11.5 Å². The number of nitrogens with one attached hydrogen (secondary N) is 2. The van der Waals surface area contributed by atoms with Crippen LogP contribution in [0.3, 0.4) is 0 Å². The Hall–Kier alpha value is 1.41. The first-order chi connectivity index (χ1) is 5.74. The van der Waals surface area contributed by atoms with Gasteiger partial charge in [-0.25, -0.2) is 0 Å². The van der Waals surface area contributed by atoms with E-state index in [1.165, 1.54) is 24.9 Å². The van der Waals surface area contributed by atoms with Crippen molar-refractivity contribution < 1.29 is 16.5 Å². The quantitative estimate of drug-likeness (QED) is 0.625. The van der Waals surface area contributed by atoms with Crippen molar-refractivity contribution in [3.63, 3.8) is 0 Å². The maximum atomic E-state index is 7.29. The van der Waals surface area contributed by atoms with E-state index in [-0.39, 0.29) is 0 Å². The molecule has 2 nitrogen and oxygen atoms in total. The summed E-state index contributed by atoms with van der Waals surface area (Å²) in [7, 11) is 8.50. The van der Waals surface area contributed by atoms with Crippen molar-refractivity contribution in [3.05, 3.63) is 11.5 Å². The van der Waals surface area contributed by atoms with Gasteiger partial charge in [0.15, 0.2) is 0 Å². The molecule has 0 unspecified atom stereocenters. The Balaban J connectivity index is 0.000000354. The van der Waals surface area contributed by atoms with Crippen LogP contribution in [0.4, 0.5) is 0 Å². The Kier molecular flexibility index (Phi) is 8.69. The van der Waals surface area contributed by atoms with Gasteiger partial charge in [0.2, 0.25) is 0 Å². The fourth-order valence-corrected chi connectivity index (χ4v) is 4.62. The predicted octanol–water partition coefficient (Wildman–Crippen LogP) is 3.79. The van der Waals surface area contributed by atoms with Crippen molar-refractivity contribution in [2.75, 3.05) is 12.3 Å². The fourth-order valence-electron chi connectivity index (χ4n) is 1.54. The Morgan fingerprint density at radius 3 is 1.58 bits per heavy atom. The van der Waals surface area contributed by atoms with Crippen molar-refractivity contribution >= 4 is 26.9 Å². The third-order valence-corrected chi connectivity index (χ3v) is 6.74. The van der Waals surface area contributed by atoms with Gasteiger partial charge < -0.3 is 11.5 Å². The Labute approximate surface area is 91.8 Å². The van der Waals surface area contributed by atoms with Crippen LogP contribution < -0.4 is 0 Å². The average molecular weight is 408 g/mol. The molecule has 1 rings (SSSR count). The van der Waals surface area contributed by atoms with E-state index < -0.39 is 24.6 Å². The molecule has 0 amide bonds. The van der Waals surface area contributed by atoms with Gasteiger partial charge in [-0.2, -0.15) is 12.3 Å². The molecule has 0 aromatic carbocycles. The van der Waals surface area contributed by atoms with Gasteiger partial charge in [0.1, 0.15) is 0 Å². The second kappa shape index (κ2) is 7.78. The maximum absolute atomic E-state index is 7.29. The van der Waals surface area contributed by atoms with Crippen LogP contribution in [0, 0.1) is 0 Å². The number of hydrogen-bond donors (Lipinski definition) is 0. The molecule has 2 N–H and O–H groups in total. The predicted molar refractivity (Wildman–Crippen MR) is 54.7 cm³/mol. The van der Waals surface area contributed by atoms with Crippen molar-refractivity contribution in [2.45, 2.75) is 24.9 Å². The minimum Gasteiger partial charge on any atom is -0.680 e. The number of rotatable bonds is 2. The van der Waals surface area contributed by atoms with E-state index in [2.05, 4.69) is 0 Å². The summed E-state index contributed by atoms with van der Waals surface area (Å²) in [4.78, 5) is 0. The van der Waals surface area contributed by atoms with E-state index in [1.54, 1.807) is 0 Å². The molecule has 1 heterocycles. The monoisotopic (exact) mass is 407 g/mol. The van der Waals surface area contributed by atoms with Crippen LogP contribution in [0.1, 0.15) is 12.8 Å². The molecule has 1 saturated heterocycles. The molecular weight excluding hydrogens is 394 g/mol. The van der Waals surface area contributed by atoms with Gasteiger partial charge >= 0.3 is 35.3 Å². The van der Waals surface area contributed by atoms with Crippen molar-refractivity contribution in [1.29, 1.82) is 0 Å². The molecule has 12 heavy (non-hydrogen) atoms. The maximum Gasteiger partial charge on any atom is 0.0123 e. The molecule has 0 atom stereocenters. The summed E-state index contributed by atoms with van der Waals surface area (Å²) in [5, 5.41) is 0. The zero-order chi connectivity index (χ0) is 9.45. The van der Waals surface area contributed by atoms with Crippen LogP contribution in [0.15, 0.2) is 0 Å². The smallest absolute Gasteiger partial charge is 0.0123 e. The van der Waals surface area contributed by atoms with E-state index in [4.69, 9.17) is 30.3 Å². The molecule has 1 fully saturated rings. The standard InChI is InChI=1S/C6H14N2Si.2ClH.Pt/c7-5-9(6-8)3-1-2-4-9;;;/h7-8H,1-6H2;2*1H;/q-2;;;+4/p-2. The Bertz CT molecular complexity index is 106. The van der Waals surface area contributed by atoms with Crippen molar-refractivity contribution in [3.8, 4) is 0 Å². The number of halogens is 2. The molecular formula is C6H14Cl2N2PtSi. The second-order valence-corrected chi connectivity index (χ2v) is 11.1. The third kappa shape index (κ3) is 4.59. The summed E-state index contributed by atoms with van der Waals surface area (Å²) in [6.45, 7) is 0. The van der Waals surface area contributed by atoms with Gasteiger partial charge in [-0.3, -0.25) is 0 Å². The van der Waals surface area contributed by atoms with Crippen LogP contribution in [0.5, 0.6) is 0 Å². The Morgan fingerprint density at radius 2 is 1.42 bits per heavy atom. The largest absolute Gasteiger partial charge is 0.680 e. The van der Waals surface area contributed by atoms with Gasteiger partial charge in [0.05, 0.1) is 0 Å². The molecule has 0 aromatic heterocycles. The van der Waals surface area contributed by atoms with Crippen LogP contribution in [-0.2, 0) is 16.5 Å². The topological polar surface area (TPSA) is 47.6 Å². The van der Waals surface area contributed by atoms with Crippen LogP contribution in [-0.4, -0.2) is 20.4 Å². The zero-order valence-corrected chi connectivity index (χ0v) is 11.6. The van der Waals surface area contributed by atoms with Gasteiger partial charge in [-0.15, -0.1) is 0 Å². The molecule has 0 bridgehead atoms. The van der Waals surface area contributed by atoms with E-state index in [1.807, 2.05) is 0 Å². The SMILES string of the molecule is [Cl][Pt+2][Cl].[NH-]C[Si]1(C[NH-])CCCC1. The van der Waals surface area contributed by atoms with Crippen molar-refractivity contribution in [1.82, 2.24) is 0 Å². The van der Waals surface area contributed by atoms with Crippen molar-refractivity contribution in [2.24, 2.45) is 0 Å². The van der Waals surface area contributed by atoms with E-state index in [9.17, 15) is 0 Å². The molecule has 6 heteroatoms. The normalized spacial score (nSPS) is 20.3. The van der Waals surface area contributed by atoms with E-state index in [0.29, 0.717) is 12.3 Å². The molecule has 0 aromatic rings. The van der Waals surface area contributed by atoms with Gasteiger partial charge in [-0.1, -0.05) is 24.9 Å². The van der Waals surface area contributed by atoms with E-state index in [0.717, 1.165) is 0 Å². The van der Waals surface area contributed by atoms with Gasteiger partial charge in [0.25, 0.3) is 0 Å². The molecule has 0 saturated carbocycles. The molecule has 1 aliphatic heterocycles. The van der Waals surface area contributed by atoms with Gasteiger partial charge in [0, 0.05) is 8.07 Å². The molecule has 0 spiro atoms. The summed E-state index contributed by atoms with van der Waals surface area (Å²) >= 11 is -0.472. The zero-order valence-electron chi connectivity index (χ0n) is 6.81. The summed E-state index contributed by atoms with van der Waals surface area (Å²) in [6.07, 6.45) is 3.83. The van der Waals surface area contributed by atoms with Gasteiger partial charge in [-0.05, 0) is 0 Å². The first kappa shape index (κ1) is 13.4. The second-order valence-electron chi connectivity index (χ2n) is 3.11. The van der Waals surface area contributed by atoms with E-state index >= 15 is 0 Å². The Morgan fingerprint density at radius 1 is 1.08 bits per heavy atom. The minimum absolute atomic E-state index is 0.472.